The van der Waals surface area contributed by atoms with E-state index in [9.17, 15) is 4.79 Å². The Hall–Kier alpha value is -3.26. The number of aryl methyl sites for hydroxylation is 1. The van der Waals surface area contributed by atoms with E-state index in [0.717, 1.165) is 29.8 Å². The lowest BCUT2D eigenvalue weighted by Gasteiger charge is -2.41. The molecule has 0 bridgehead atoms. The number of hydrogen-bond donors (Lipinski definition) is 0. The quantitative estimate of drug-likeness (QED) is 0.649. The Labute approximate surface area is 174 Å². The van der Waals surface area contributed by atoms with Gasteiger partial charge in [0.2, 0.25) is 5.91 Å². The third-order valence-corrected chi connectivity index (χ3v) is 5.54. The predicted molar refractivity (Wildman–Crippen MR) is 108 cm³/mol. The minimum atomic E-state index is -0.446. The first kappa shape index (κ1) is 18.7. The smallest absolute Gasteiger partial charge is 0.249 e. The molecule has 8 nitrogen and oxygen atoms in total. The van der Waals surface area contributed by atoms with E-state index in [-0.39, 0.29) is 24.6 Å². The van der Waals surface area contributed by atoms with Crippen LogP contribution in [0.5, 0.6) is 5.75 Å². The second-order valence-corrected chi connectivity index (χ2v) is 7.62. The van der Waals surface area contributed by atoms with Gasteiger partial charge < -0.3 is 14.4 Å². The number of rotatable bonds is 5. The molecule has 1 aromatic carbocycles. The van der Waals surface area contributed by atoms with Gasteiger partial charge in [0.15, 0.2) is 5.82 Å². The fraction of sp³-hybridized carbons (Fsp3) is 0.364. The molecule has 154 valence electrons. The minimum absolute atomic E-state index is 0.0127. The monoisotopic (exact) mass is 405 g/mol. The standard InChI is InChI=1S/C22H23N5O3/c1-14-24-22(27(25-14)17-4-3-11-23-12-17)21-20(15-5-9-18(29-2)10-6-15)26(16-7-8-16)19(28)13-30-21/h3-6,9-12,16,20-21H,7-8,13H2,1-2H3/t20-,21+/m1/s1. The number of hydrogen-bond acceptors (Lipinski definition) is 6. The van der Waals surface area contributed by atoms with Gasteiger partial charge in [-0.3, -0.25) is 9.78 Å². The number of ether oxygens (including phenoxy) is 2. The van der Waals surface area contributed by atoms with Crippen molar-refractivity contribution >= 4 is 5.91 Å². The molecule has 0 spiro atoms. The van der Waals surface area contributed by atoms with Gasteiger partial charge >= 0.3 is 0 Å². The summed E-state index contributed by atoms with van der Waals surface area (Å²) in [6.45, 7) is 1.89. The molecule has 2 fully saturated rings. The van der Waals surface area contributed by atoms with E-state index in [2.05, 4.69) is 10.1 Å². The van der Waals surface area contributed by atoms with Crippen LogP contribution in [0.4, 0.5) is 0 Å². The van der Waals surface area contributed by atoms with Crippen LogP contribution in [0.1, 0.15) is 42.2 Å². The summed E-state index contributed by atoms with van der Waals surface area (Å²) >= 11 is 0. The first-order valence-electron chi connectivity index (χ1n) is 10.1. The summed E-state index contributed by atoms with van der Waals surface area (Å²) in [5, 5.41) is 4.58. The molecule has 1 amide bonds. The van der Waals surface area contributed by atoms with E-state index in [4.69, 9.17) is 14.5 Å². The molecule has 1 aliphatic carbocycles. The molecule has 0 radical (unpaired) electrons. The van der Waals surface area contributed by atoms with E-state index in [1.165, 1.54) is 0 Å². The van der Waals surface area contributed by atoms with E-state index < -0.39 is 6.10 Å². The summed E-state index contributed by atoms with van der Waals surface area (Å²) in [6.07, 6.45) is 5.04. The van der Waals surface area contributed by atoms with Gasteiger partial charge in [-0.2, -0.15) is 5.10 Å². The van der Waals surface area contributed by atoms with E-state index in [1.807, 2.05) is 48.2 Å². The Morgan fingerprint density at radius 1 is 1.17 bits per heavy atom. The third kappa shape index (κ3) is 3.33. The van der Waals surface area contributed by atoms with E-state index in [1.54, 1.807) is 24.2 Å². The van der Waals surface area contributed by atoms with Crippen LogP contribution in [0, 0.1) is 6.92 Å². The summed E-state index contributed by atoms with van der Waals surface area (Å²) in [6, 6.07) is 11.5. The van der Waals surface area contributed by atoms with Crippen LogP contribution in [0.15, 0.2) is 48.8 Å². The number of pyridine rings is 1. The van der Waals surface area contributed by atoms with Crippen molar-refractivity contribution in [1.82, 2.24) is 24.6 Å². The second kappa shape index (κ2) is 7.53. The third-order valence-electron chi connectivity index (χ3n) is 5.54. The summed E-state index contributed by atoms with van der Waals surface area (Å²) < 4.78 is 13.2. The first-order chi connectivity index (χ1) is 14.7. The molecule has 8 heteroatoms. The number of carbonyl (C=O) groups is 1. The maximum absolute atomic E-state index is 12.8. The van der Waals surface area contributed by atoms with Crippen molar-refractivity contribution in [2.45, 2.75) is 38.0 Å². The number of aromatic nitrogens is 4. The second-order valence-electron chi connectivity index (χ2n) is 7.62. The number of methoxy groups -OCH3 is 1. The van der Waals surface area contributed by atoms with E-state index in [0.29, 0.717) is 11.6 Å². The molecule has 30 heavy (non-hydrogen) atoms. The predicted octanol–water partition coefficient (Wildman–Crippen LogP) is 2.78. The zero-order chi connectivity index (χ0) is 20.7. The Kier molecular flexibility index (Phi) is 4.71. The maximum Gasteiger partial charge on any atom is 0.249 e. The van der Waals surface area contributed by atoms with Crippen molar-refractivity contribution in [3.63, 3.8) is 0 Å². The molecule has 2 aliphatic rings. The average Bonchev–Trinajstić information content (AvgIpc) is 3.55. The summed E-state index contributed by atoms with van der Waals surface area (Å²) in [5.74, 6) is 2.09. The van der Waals surface area contributed by atoms with Crippen LogP contribution in [0.25, 0.3) is 5.69 Å². The Morgan fingerprint density at radius 2 is 1.97 bits per heavy atom. The molecule has 3 heterocycles. The Morgan fingerprint density at radius 3 is 2.63 bits per heavy atom. The van der Waals surface area contributed by atoms with Crippen LogP contribution in [-0.4, -0.2) is 50.3 Å². The minimum Gasteiger partial charge on any atom is -0.497 e. The maximum atomic E-state index is 12.8. The fourth-order valence-corrected chi connectivity index (χ4v) is 4.05. The molecule has 0 unspecified atom stereocenters. The lowest BCUT2D eigenvalue weighted by atomic mass is 9.96. The van der Waals surface area contributed by atoms with Gasteiger partial charge in [-0.05, 0) is 49.6 Å². The molecule has 5 rings (SSSR count). The van der Waals surface area contributed by atoms with Crippen molar-refractivity contribution < 1.29 is 14.3 Å². The largest absolute Gasteiger partial charge is 0.497 e. The van der Waals surface area contributed by atoms with Crippen molar-refractivity contribution in [3.05, 3.63) is 66.0 Å². The number of nitrogens with zero attached hydrogens (tertiary/aromatic N) is 5. The highest BCUT2D eigenvalue weighted by atomic mass is 16.5. The first-order valence-corrected chi connectivity index (χ1v) is 10.1. The fourth-order valence-electron chi connectivity index (χ4n) is 4.05. The SMILES string of the molecule is COc1ccc([C@@H]2[C@@H](c3nc(C)nn3-c3cccnc3)OCC(=O)N2C2CC2)cc1. The molecule has 3 aromatic rings. The average molecular weight is 405 g/mol. The molecule has 1 aliphatic heterocycles. The van der Waals surface area contributed by atoms with Crippen molar-refractivity contribution in [3.8, 4) is 11.4 Å². The topological polar surface area (TPSA) is 82.4 Å². The van der Waals surface area contributed by atoms with Gasteiger partial charge in [0.05, 0.1) is 25.0 Å². The Bertz CT molecular complexity index is 1050. The van der Waals surface area contributed by atoms with Crippen LogP contribution in [0.3, 0.4) is 0 Å². The Balaban J connectivity index is 1.61. The molecule has 1 saturated heterocycles. The van der Waals surface area contributed by atoms with Gasteiger partial charge in [-0.1, -0.05) is 12.1 Å². The highest BCUT2D eigenvalue weighted by molar-refractivity contribution is 5.79. The van der Waals surface area contributed by atoms with Crippen molar-refractivity contribution in [2.75, 3.05) is 13.7 Å². The zero-order valence-corrected chi connectivity index (χ0v) is 16.9. The van der Waals surface area contributed by atoms with Crippen LogP contribution >= 0.6 is 0 Å². The molecular formula is C22H23N5O3. The molecule has 2 aromatic heterocycles. The lowest BCUT2D eigenvalue weighted by molar-refractivity contribution is -0.160. The van der Waals surface area contributed by atoms with E-state index >= 15 is 0 Å². The number of carbonyl (C=O) groups excluding carboxylic acids is 1. The molecule has 0 N–H and O–H groups in total. The summed E-state index contributed by atoms with van der Waals surface area (Å²) in [5.41, 5.74) is 1.79. The van der Waals surface area contributed by atoms with Crippen LogP contribution in [-0.2, 0) is 9.53 Å². The molecular weight excluding hydrogens is 382 g/mol. The molecule has 2 atom stereocenters. The van der Waals surface area contributed by atoms with Crippen molar-refractivity contribution in [2.24, 2.45) is 0 Å². The highest BCUT2D eigenvalue weighted by Crippen LogP contribution is 2.45. The lowest BCUT2D eigenvalue weighted by Crippen LogP contribution is -2.47. The number of benzene rings is 1. The van der Waals surface area contributed by atoms with Gasteiger partial charge in [-0.15, -0.1) is 0 Å². The van der Waals surface area contributed by atoms with Gasteiger partial charge in [-0.25, -0.2) is 9.67 Å². The highest BCUT2D eigenvalue weighted by Gasteiger charge is 2.47. The van der Waals surface area contributed by atoms with Gasteiger partial charge in [0.25, 0.3) is 0 Å². The van der Waals surface area contributed by atoms with Crippen molar-refractivity contribution in [1.29, 1.82) is 0 Å². The van der Waals surface area contributed by atoms with Crippen LogP contribution in [0.2, 0.25) is 0 Å². The number of morpholine rings is 1. The van der Waals surface area contributed by atoms with Gasteiger partial charge in [0.1, 0.15) is 24.3 Å². The van der Waals surface area contributed by atoms with Gasteiger partial charge in [0, 0.05) is 12.2 Å². The summed E-state index contributed by atoms with van der Waals surface area (Å²) in [7, 11) is 1.64. The number of amides is 1. The summed E-state index contributed by atoms with van der Waals surface area (Å²) in [4.78, 5) is 23.7. The van der Waals surface area contributed by atoms with Crippen LogP contribution < -0.4 is 4.74 Å². The normalized spacial score (nSPS) is 21.7. The zero-order valence-electron chi connectivity index (χ0n) is 16.9. The molecule has 1 saturated carbocycles.